The average molecular weight is 306 g/mol. The molecule has 1 saturated heterocycles. The number of nitrogens with one attached hydrogen (secondary N) is 1. The number of piperidine rings is 1. The van der Waals surface area contributed by atoms with Gasteiger partial charge in [-0.1, -0.05) is 18.5 Å². The van der Waals surface area contributed by atoms with Crippen molar-refractivity contribution in [1.29, 1.82) is 0 Å². The molecular formula is C17H20ClNO2. The molecule has 1 aliphatic rings. The third kappa shape index (κ3) is 3.30. The third-order valence-corrected chi connectivity index (χ3v) is 4.64. The van der Waals surface area contributed by atoms with Crippen molar-refractivity contribution in [2.75, 3.05) is 13.1 Å². The van der Waals surface area contributed by atoms with Crippen molar-refractivity contribution in [3.8, 4) is 0 Å². The van der Waals surface area contributed by atoms with Crippen molar-refractivity contribution in [2.45, 2.75) is 26.2 Å². The molecule has 2 heterocycles. The van der Waals surface area contributed by atoms with Crippen molar-refractivity contribution < 1.29 is 9.21 Å². The molecule has 0 radical (unpaired) electrons. The Morgan fingerprint density at radius 2 is 2.33 bits per heavy atom. The summed E-state index contributed by atoms with van der Waals surface area (Å²) in [5.74, 6) is 1.49. The van der Waals surface area contributed by atoms with E-state index in [1.54, 1.807) is 12.1 Å². The van der Waals surface area contributed by atoms with Gasteiger partial charge in [-0.25, -0.2) is 0 Å². The number of carbonyl (C=O) groups is 1. The smallest absolute Gasteiger partial charge is 0.198 e. The fraction of sp³-hybridized carbons (Fsp3) is 0.471. The van der Waals surface area contributed by atoms with Crippen molar-refractivity contribution in [3.63, 3.8) is 0 Å². The number of Topliss-reactive ketones (excluding diaryl/α,β-unsaturated/α-hetero) is 1. The summed E-state index contributed by atoms with van der Waals surface area (Å²) in [5.41, 5.74) is 0.717. The number of fused-ring (bicyclic) bond motifs is 1. The summed E-state index contributed by atoms with van der Waals surface area (Å²) < 4.78 is 5.65. The van der Waals surface area contributed by atoms with Gasteiger partial charge in [0.2, 0.25) is 0 Å². The van der Waals surface area contributed by atoms with Crippen LogP contribution in [0.15, 0.2) is 28.7 Å². The first-order valence-electron chi connectivity index (χ1n) is 7.56. The van der Waals surface area contributed by atoms with E-state index in [4.69, 9.17) is 16.0 Å². The molecule has 2 atom stereocenters. The molecule has 2 aromatic rings. The summed E-state index contributed by atoms with van der Waals surface area (Å²) in [7, 11) is 0. The molecule has 1 N–H and O–H groups in total. The van der Waals surface area contributed by atoms with Crippen LogP contribution >= 0.6 is 11.6 Å². The number of halogens is 1. The van der Waals surface area contributed by atoms with E-state index in [2.05, 4.69) is 12.2 Å². The van der Waals surface area contributed by atoms with Gasteiger partial charge >= 0.3 is 0 Å². The van der Waals surface area contributed by atoms with E-state index in [9.17, 15) is 4.79 Å². The van der Waals surface area contributed by atoms with Crippen LogP contribution in [0.5, 0.6) is 0 Å². The molecule has 1 aliphatic heterocycles. The largest absolute Gasteiger partial charge is 0.453 e. The van der Waals surface area contributed by atoms with Crippen molar-refractivity contribution in [1.82, 2.24) is 5.32 Å². The monoisotopic (exact) mass is 305 g/mol. The lowest BCUT2D eigenvalue weighted by atomic mass is 9.84. The lowest BCUT2D eigenvalue weighted by molar-refractivity contribution is 0.0917. The summed E-state index contributed by atoms with van der Waals surface area (Å²) in [6.07, 6.45) is 2.95. The molecule has 1 aromatic carbocycles. The summed E-state index contributed by atoms with van der Waals surface area (Å²) in [6.45, 7) is 4.28. The van der Waals surface area contributed by atoms with E-state index >= 15 is 0 Å². The number of hydrogen-bond donors (Lipinski definition) is 1. The first-order valence-corrected chi connectivity index (χ1v) is 7.94. The number of furan rings is 1. The minimum Gasteiger partial charge on any atom is -0.453 e. The molecule has 21 heavy (non-hydrogen) atoms. The van der Waals surface area contributed by atoms with Crippen LogP contribution in [0.4, 0.5) is 0 Å². The van der Waals surface area contributed by atoms with Crippen molar-refractivity contribution in [3.05, 3.63) is 35.0 Å². The highest BCUT2D eigenvalue weighted by Crippen LogP contribution is 2.27. The van der Waals surface area contributed by atoms with E-state index in [-0.39, 0.29) is 5.78 Å². The molecule has 0 bridgehead atoms. The highest BCUT2D eigenvalue weighted by molar-refractivity contribution is 6.31. The zero-order valence-corrected chi connectivity index (χ0v) is 13.0. The molecule has 0 aliphatic carbocycles. The van der Waals surface area contributed by atoms with Crippen molar-refractivity contribution in [2.24, 2.45) is 11.8 Å². The van der Waals surface area contributed by atoms with Crippen LogP contribution < -0.4 is 5.32 Å². The van der Waals surface area contributed by atoms with E-state index in [0.29, 0.717) is 29.0 Å². The number of carbonyl (C=O) groups excluding carboxylic acids is 1. The molecule has 4 heteroatoms. The molecule has 2 unspecified atom stereocenters. The minimum atomic E-state index is 0.0837. The molecule has 0 saturated carbocycles. The maximum atomic E-state index is 12.4. The standard InChI is InChI=1S/C17H20ClNO2/c1-11(12-3-2-6-19-10-12)7-15(20)17-9-13-8-14(18)4-5-16(13)21-17/h4-5,8-9,11-12,19H,2-3,6-7,10H2,1H3. The Labute approximate surface area is 129 Å². The van der Waals surface area contributed by atoms with E-state index in [0.717, 1.165) is 24.1 Å². The quantitative estimate of drug-likeness (QED) is 0.857. The topological polar surface area (TPSA) is 42.2 Å². The average Bonchev–Trinajstić information content (AvgIpc) is 2.91. The predicted molar refractivity (Wildman–Crippen MR) is 84.9 cm³/mol. The highest BCUT2D eigenvalue weighted by atomic mass is 35.5. The van der Waals surface area contributed by atoms with E-state index in [1.165, 1.54) is 12.8 Å². The molecular weight excluding hydrogens is 286 g/mol. The fourth-order valence-electron chi connectivity index (χ4n) is 3.08. The van der Waals surface area contributed by atoms with Gasteiger partial charge in [-0.2, -0.15) is 0 Å². The van der Waals surface area contributed by atoms with Gasteiger partial charge in [0.05, 0.1) is 0 Å². The SMILES string of the molecule is CC(CC(=O)c1cc2cc(Cl)ccc2o1)C1CCCNC1. The predicted octanol–water partition coefficient (Wildman–Crippen LogP) is 4.29. The lowest BCUT2D eigenvalue weighted by Crippen LogP contribution is -2.33. The number of ketones is 1. The van der Waals surface area contributed by atoms with Gasteiger partial charge in [0.25, 0.3) is 0 Å². The molecule has 3 nitrogen and oxygen atoms in total. The Balaban J connectivity index is 1.71. The second-order valence-electron chi connectivity index (χ2n) is 6.00. The molecule has 0 spiro atoms. The Kier molecular flexibility index (Phi) is 4.32. The Morgan fingerprint density at radius 1 is 1.48 bits per heavy atom. The Bertz CT molecular complexity index is 643. The van der Waals surface area contributed by atoms with Crippen LogP contribution in [0.1, 0.15) is 36.7 Å². The number of benzene rings is 1. The zero-order chi connectivity index (χ0) is 14.8. The van der Waals surface area contributed by atoms with Crippen LogP contribution in [-0.4, -0.2) is 18.9 Å². The second kappa shape index (κ2) is 6.20. The second-order valence-corrected chi connectivity index (χ2v) is 6.44. The zero-order valence-electron chi connectivity index (χ0n) is 12.2. The van der Waals surface area contributed by atoms with Gasteiger partial charge in [-0.3, -0.25) is 4.79 Å². The highest BCUT2D eigenvalue weighted by Gasteiger charge is 2.23. The molecule has 0 amide bonds. The molecule has 1 fully saturated rings. The Hall–Kier alpha value is -1.32. The number of rotatable bonds is 4. The summed E-state index contributed by atoms with van der Waals surface area (Å²) in [4.78, 5) is 12.4. The minimum absolute atomic E-state index is 0.0837. The summed E-state index contributed by atoms with van der Waals surface area (Å²) in [5, 5.41) is 4.95. The maximum absolute atomic E-state index is 12.4. The third-order valence-electron chi connectivity index (χ3n) is 4.40. The normalized spacial score (nSPS) is 20.6. The first kappa shape index (κ1) is 14.6. The van der Waals surface area contributed by atoms with Gasteiger partial charge in [-0.15, -0.1) is 0 Å². The first-order chi connectivity index (χ1) is 10.1. The van der Waals surface area contributed by atoms with E-state index in [1.807, 2.05) is 12.1 Å². The van der Waals surface area contributed by atoms with Crippen LogP contribution in [0.3, 0.4) is 0 Å². The van der Waals surface area contributed by atoms with Gasteiger partial charge in [0.1, 0.15) is 5.58 Å². The van der Waals surface area contributed by atoms with Crippen molar-refractivity contribution >= 4 is 28.4 Å². The fourth-order valence-corrected chi connectivity index (χ4v) is 3.26. The van der Waals surface area contributed by atoms with Crippen LogP contribution in [-0.2, 0) is 0 Å². The summed E-state index contributed by atoms with van der Waals surface area (Å²) >= 11 is 5.96. The lowest BCUT2D eigenvalue weighted by Gasteiger charge is -2.27. The van der Waals surface area contributed by atoms with Gasteiger partial charge in [0, 0.05) is 16.8 Å². The van der Waals surface area contributed by atoms with Gasteiger partial charge in [-0.05, 0) is 62.0 Å². The number of hydrogen-bond acceptors (Lipinski definition) is 3. The van der Waals surface area contributed by atoms with E-state index < -0.39 is 0 Å². The summed E-state index contributed by atoms with van der Waals surface area (Å²) in [6, 6.07) is 7.21. The van der Waals surface area contributed by atoms with Crippen LogP contribution in [0, 0.1) is 11.8 Å². The molecule has 3 rings (SSSR count). The maximum Gasteiger partial charge on any atom is 0.198 e. The van der Waals surface area contributed by atoms with Gasteiger partial charge < -0.3 is 9.73 Å². The van der Waals surface area contributed by atoms with Crippen LogP contribution in [0.25, 0.3) is 11.0 Å². The molecule has 1 aromatic heterocycles. The molecule has 112 valence electrons. The van der Waals surface area contributed by atoms with Gasteiger partial charge in [0.15, 0.2) is 11.5 Å². The van der Waals surface area contributed by atoms with Crippen LogP contribution in [0.2, 0.25) is 5.02 Å². The Morgan fingerprint density at radius 3 is 3.10 bits per heavy atom.